The van der Waals surface area contributed by atoms with E-state index in [2.05, 4.69) is 5.32 Å². The van der Waals surface area contributed by atoms with Gasteiger partial charge in [-0.05, 0) is 30.0 Å². The second-order valence-electron chi connectivity index (χ2n) is 5.32. The summed E-state index contributed by atoms with van der Waals surface area (Å²) in [6.45, 7) is 3.95. The number of anilines is 1. The lowest BCUT2D eigenvalue weighted by atomic mass is 10.1. The van der Waals surface area contributed by atoms with Crippen LogP contribution in [0, 0.1) is 17.2 Å². The maximum atomic E-state index is 13.6. The van der Waals surface area contributed by atoms with E-state index in [0.29, 0.717) is 0 Å². The van der Waals surface area contributed by atoms with Gasteiger partial charge in [-0.3, -0.25) is 4.79 Å². The van der Waals surface area contributed by atoms with E-state index in [1.807, 2.05) is 13.8 Å². The lowest BCUT2D eigenvalue weighted by Crippen LogP contribution is -2.16. The van der Waals surface area contributed by atoms with Gasteiger partial charge in [-0.2, -0.15) is 0 Å². The van der Waals surface area contributed by atoms with Gasteiger partial charge in [-0.25, -0.2) is 12.8 Å². The summed E-state index contributed by atoms with van der Waals surface area (Å²) >= 11 is 0. The normalized spacial score (nSPS) is 20.9. The maximum Gasteiger partial charge on any atom is 0.264 e. The molecule has 0 radical (unpaired) electrons. The van der Waals surface area contributed by atoms with Gasteiger partial charge >= 0.3 is 0 Å². The quantitative estimate of drug-likeness (QED) is 0.873. The lowest BCUT2D eigenvalue weighted by molar-refractivity contribution is -0.118. The van der Waals surface area contributed by atoms with Gasteiger partial charge in [0, 0.05) is 22.3 Å². The molecule has 1 aromatic carbocycles. The fourth-order valence-corrected chi connectivity index (χ4v) is 2.82. The molecule has 19 heavy (non-hydrogen) atoms. The third kappa shape index (κ3) is 3.06. The van der Waals surface area contributed by atoms with E-state index in [1.54, 1.807) is 0 Å². The number of carbonyl (C=O) groups excluding carboxylic acids is 1. The average Bonchev–Trinajstić information content (AvgIpc) is 2.86. The Labute approximate surface area is 115 Å². The number of halogens is 2. The highest BCUT2D eigenvalue weighted by atomic mass is 35.7. The van der Waals surface area contributed by atoms with Crippen molar-refractivity contribution in [3.63, 3.8) is 0 Å². The lowest BCUT2D eigenvalue weighted by Gasteiger charge is -2.07. The molecule has 1 unspecified atom stereocenters. The summed E-state index contributed by atoms with van der Waals surface area (Å²) in [6.07, 6.45) is 0.787. The van der Waals surface area contributed by atoms with E-state index in [4.69, 9.17) is 10.7 Å². The summed E-state index contributed by atoms with van der Waals surface area (Å²) in [7, 11) is 0.948. The first-order valence-electron chi connectivity index (χ1n) is 5.66. The van der Waals surface area contributed by atoms with Crippen LogP contribution in [0.25, 0.3) is 0 Å². The number of benzene rings is 1. The summed E-state index contributed by atoms with van der Waals surface area (Å²) in [5, 5.41) is 2.56. The predicted octanol–water partition coefficient (Wildman–Crippen LogP) is 2.74. The van der Waals surface area contributed by atoms with Crippen molar-refractivity contribution >= 4 is 31.3 Å². The number of carbonyl (C=O) groups is 1. The standard InChI is InChI=1S/C12H13ClFNO3S/c1-12(2)6-8(12)11(16)15-7-3-4-10(9(14)5-7)19(13,17)18/h3-5,8H,6H2,1-2H3,(H,15,16). The molecule has 7 heteroatoms. The predicted molar refractivity (Wildman–Crippen MR) is 70.0 cm³/mol. The Balaban J connectivity index is 2.16. The molecular formula is C12H13ClFNO3S. The zero-order valence-corrected chi connectivity index (χ0v) is 12.0. The maximum absolute atomic E-state index is 13.6. The summed E-state index contributed by atoms with van der Waals surface area (Å²) in [4.78, 5) is 11.2. The minimum absolute atomic E-state index is 0.0257. The van der Waals surface area contributed by atoms with Crippen LogP contribution >= 0.6 is 10.7 Å². The van der Waals surface area contributed by atoms with Crippen LogP contribution in [-0.2, 0) is 13.8 Å². The van der Waals surface area contributed by atoms with Crippen molar-refractivity contribution < 1.29 is 17.6 Å². The summed E-state index contributed by atoms with van der Waals surface area (Å²) < 4.78 is 35.6. The summed E-state index contributed by atoms with van der Waals surface area (Å²) in [5.41, 5.74) is 0.191. The first-order valence-corrected chi connectivity index (χ1v) is 7.97. The second kappa shape index (κ2) is 4.45. The molecular weight excluding hydrogens is 293 g/mol. The van der Waals surface area contributed by atoms with Crippen LogP contribution in [0.2, 0.25) is 0 Å². The van der Waals surface area contributed by atoms with Crippen LogP contribution in [0.4, 0.5) is 10.1 Å². The Kier molecular flexibility index (Phi) is 3.35. The van der Waals surface area contributed by atoms with Crippen LogP contribution < -0.4 is 5.32 Å². The monoisotopic (exact) mass is 305 g/mol. The van der Waals surface area contributed by atoms with Gasteiger partial charge in [0.15, 0.2) is 0 Å². The van der Waals surface area contributed by atoms with E-state index in [9.17, 15) is 17.6 Å². The minimum Gasteiger partial charge on any atom is -0.326 e. The van der Waals surface area contributed by atoms with Gasteiger partial charge in [0.25, 0.3) is 9.05 Å². The molecule has 1 aromatic rings. The SMILES string of the molecule is CC1(C)CC1C(=O)Nc1ccc(S(=O)(=O)Cl)c(F)c1. The highest BCUT2D eigenvalue weighted by molar-refractivity contribution is 8.13. The van der Waals surface area contributed by atoms with E-state index >= 15 is 0 Å². The largest absolute Gasteiger partial charge is 0.326 e. The molecule has 0 spiro atoms. The van der Waals surface area contributed by atoms with Crippen molar-refractivity contribution in [2.24, 2.45) is 11.3 Å². The van der Waals surface area contributed by atoms with E-state index in [0.717, 1.165) is 18.6 Å². The van der Waals surface area contributed by atoms with E-state index in [-0.39, 0.29) is 22.9 Å². The molecule has 0 aromatic heterocycles. The van der Waals surface area contributed by atoms with Crippen molar-refractivity contribution in [2.75, 3.05) is 5.32 Å². The van der Waals surface area contributed by atoms with Crippen molar-refractivity contribution in [3.8, 4) is 0 Å². The number of rotatable bonds is 3. The number of nitrogens with one attached hydrogen (secondary N) is 1. The minimum atomic E-state index is -4.12. The highest BCUT2D eigenvalue weighted by Gasteiger charge is 2.50. The molecule has 1 aliphatic carbocycles. The molecule has 1 atom stereocenters. The van der Waals surface area contributed by atoms with Crippen LogP contribution in [0.5, 0.6) is 0 Å². The Hall–Kier alpha value is -1.14. The number of hydrogen-bond acceptors (Lipinski definition) is 3. The van der Waals surface area contributed by atoms with Crippen LogP contribution in [0.1, 0.15) is 20.3 Å². The second-order valence-corrected chi connectivity index (χ2v) is 7.85. The average molecular weight is 306 g/mol. The van der Waals surface area contributed by atoms with Crippen molar-refractivity contribution in [1.82, 2.24) is 0 Å². The van der Waals surface area contributed by atoms with Crippen molar-refractivity contribution in [1.29, 1.82) is 0 Å². The third-order valence-corrected chi connectivity index (χ3v) is 4.65. The highest BCUT2D eigenvalue weighted by Crippen LogP contribution is 2.52. The van der Waals surface area contributed by atoms with Gasteiger partial charge in [0.2, 0.25) is 5.91 Å². The first-order chi connectivity index (χ1) is 8.61. The molecule has 1 aliphatic rings. The molecule has 2 rings (SSSR count). The molecule has 0 bridgehead atoms. The molecule has 0 saturated heterocycles. The Morgan fingerprint density at radius 3 is 2.47 bits per heavy atom. The summed E-state index contributed by atoms with van der Waals surface area (Å²) in [6, 6.07) is 3.29. The van der Waals surface area contributed by atoms with Gasteiger partial charge < -0.3 is 5.32 Å². The zero-order valence-electron chi connectivity index (χ0n) is 10.4. The molecule has 1 fully saturated rings. The van der Waals surface area contributed by atoms with Crippen molar-refractivity contribution in [2.45, 2.75) is 25.2 Å². The molecule has 4 nitrogen and oxygen atoms in total. The first kappa shape index (κ1) is 14.3. The smallest absolute Gasteiger partial charge is 0.264 e. The molecule has 1 saturated carbocycles. The molecule has 1 N–H and O–H groups in total. The van der Waals surface area contributed by atoms with E-state index < -0.39 is 19.8 Å². The molecule has 0 aliphatic heterocycles. The molecule has 1 amide bonds. The molecule has 104 valence electrons. The van der Waals surface area contributed by atoms with Gasteiger partial charge in [-0.1, -0.05) is 13.8 Å². The summed E-state index contributed by atoms with van der Waals surface area (Å²) in [5.74, 6) is -1.26. The topological polar surface area (TPSA) is 63.2 Å². The third-order valence-electron chi connectivity index (χ3n) is 3.29. The van der Waals surface area contributed by atoms with Gasteiger partial charge in [0.1, 0.15) is 10.7 Å². The number of amides is 1. The van der Waals surface area contributed by atoms with Crippen LogP contribution in [0.3, 0.4) is 0 Å². The Morgan fingerprint density at radius 1 is 1.47 bits per heavy atom. The zero-order chi connectivity index (χ0) is 14.4. The van der Waals surface area contributed by atoms with Gasteiger partial charge in [-0.15, -0.1) is 0 Å². The van der Waals surface area contributed by atoms with Crippen molar-refractivity contribution in [3.05, 3.63) is 24.0 Å². The fraction of sp³-hybridized carbons (Fsp3) is 0.417. The molecule has 0 heterocycles. The Morgan fingerprint density at radius 2 is 2.05 bits per heavy atom. The van der Waals surface area contributed by atoms with Crippen LogP contribution in [-0.4, -0.2) is 14.3 Å². The van der Waals surface area contributed by atoms with Gasteiger partial charge in [0.05, 0.1) is 0 Å². The fourth-order valence-electron chi connectivity index (χ4n) is 1.92. The Bertz CT molecular complexity index is 642. The van der Waals surface area contributed by atoms with E-state index in [1.165, 1.54) is 6.07 Å². The van der Waals surface area contributed by atoms with Crippen LogP contribution in [0.15, 0.2) is 23.1 Å². The number of hydrogen-bond donors (Lipinski definition) is 1.